The van der Waals surface area contributed by atoms with Crippen LogP contribution >= 0.6 is 0 Å². The zero-order chi connectivity index (χ0) is 56.3. The molecule has 0 radical (unpaired) electrons. The number of nitrogens with two attached hydrogens (primary N) is 3. The molecule has 32 heteroatoms. The van der Waals surface area contributed by atoms with Crippen molar-refractivity contribution in [3.8, 4) is 0 Å². The molecule has 32 nitrogen and oxygen atoms in total. The van der Waals surface area contributed by atoms with E-state index in [0.29, 0.717) is 0 Å². The second-order valence-electron chi connectivity index (χ2n) is 16.7. The molecule has 0 spiro atoms. The Morgan fingerprint density at radius 3 is 1.16 bits per heavy atom. The summed E-state index contributed by atoms with van der Waals surface area (Å²) in [4.78, 5) is 179. The molecule has 0 bridgehead atoms. The minimum absolute atomic E-state index is 0.0449. The van der Waals surface area contributed by atoms with Gasteiger partial charge in [-0.2, -0.15) is 0 Å². The van der Waals surface area contributed by atoms with Gasteiger partial charge in [0.15, 0.2) is 5.96 Å². The number of carbonyl (C=O) groups is 14. The number of guanidine groups is 1. The van der Waals surface area contributed by atoms with Crippen LogP contribution in [0.3, 0.4) is 0 Å². The first-order valence-electron chi connectivity index (χ1n) is 22.4. The van der Waals surface area contributed by atoms with E-state index in [1.54, 1.807) is 0 Å². The van der Waals surface area contributed by atoms with Crippen LogP contribution in [-0.4, -0.2) is 181 Å². The molecule has 0 aliphatic carbocycles. The van der Waals surface area contributed by atoms with Gasteiger partial charge in [-0.3, -0.25) is 72.1 Å². The van der Waals surface area contributed by atoms with Gasteiger partial charge in [0.25, 0.3) is 0 Å². The molecule has 0 rings (SSSR count). The highest BCUT2D eigenvalue weighted by molar-refractivity contribution is 5.99. The number of hydrogen-bond donors (Lipinski definition) is 17. The number of nitrogens with zero attached hydrogens (tertiary/aromatic N) is 1. The minimum atomic E-state index is -2.05. The molecule has 0 fully saturated rings. The molecule has 0 unspecified atom stereocenters. The molecular weight excluding hydrogens is 981 g/mol. The van der Waals surface area contributed by atoms with Gasteiger partial charge in [-0.1, -0.05) is 13.8 Å². The summed E-state index contributed by atoms with van der Waals surface area (Å²) in [6.07, 6.45) is -6.40. The van der Waals surface area contributed by atoms with Gasteiger partial charge in [0.1, 0.15) is 48.3 Å². The van der Waals surface area contributed by atoms with Crippen LogP contribution in [0, 0.1) is 5.92 Å². The van der Waals surface area contributed by atoms with Gasteiger partial charge < -0.3 is 90.4 Å². The number of hydrogen-bond acceptors (Lipinski definition) is 16. The van der Waals surface area contributed by atoms with E-state index in [2.05, 4.69) is 47.5 Å². The van der Waals surface area contributed by atoms with Gasteiger partial charge >= 0.3 is 35.8 Å². The maximum atomic E-state index is 13.9. The fourth-order valence-electron chi connectivity index (χ4n) is 6.10. The van der Waals surface area contributed by atoms with Crippen LogP contribution < -0.4 is 59.7 Å². The molecule has 410 valence electrons. The number of aliphatic imine (C=N–C) groups is 1. The van der Waals surface area contributed by atoms with E-state index in [-0.39, 0.29) is 31.8 Å². The summed E-state index contributed by atoms with van der Waals surface area (Å²) in [7, 11) is 0. The van der Waals surface area contributed by atoms with Crippen LogP contribution in [0.2, 0.25) is 0 Å². The molecule has 0 aliphatic rings. The maximum absolute atomic E-state index is 13.9. The number of nitrogens with one attached hydrogen (secondary N) is 8. The number of carboxylic acids is 6. The van der Waals surface area contributed by atoms with Crippen LogP contribution in [0.25, 0.3) is 0 Å². The van der Waals surface area contributed by atoms with Crippen LogP contribution in [-0.2, 0) is 67.1 Å². The SMILES string of the molecule is CC(C)[C@H](NC(=O)[C@H](CC(=O)O)NC(=O)[C@H](CCC(=O)O)NC(=O)[C@H](C)NC(=O)[C@@H](N)CCC(=O)O)C(=O)N[C@@H](CCC(=O)O)C(=O)N[C@@H](CCCN=C(N)N)C(=O)N[C@@H](CCC(=O)O)C(=O)N[C@@H](C)C(=O)O. The largest absolute Gasteiger partial charge is 0.481 e. The average Bonchev–Trinajstić information content (AvgIpc) is 3.28. The summed E-state index contributed by atoms with van der Waals surface area (Å²) in [6, 6.07) is -15.0. The third kappa shape index (κ3) is 27.1. The lowest BCUT2D eigenvalue weighted by atomic mass is 10.0. The van der Waals surface area contributed by atoms with Crippen molar-refractivity contribution in [3.63, 3.8) is 0 Å². The molecular formula is C41H66N12O20. The Kier molecular flexibility index (Phi) is 29.0. The monoisotopic (exact) mass is 1050 g/mol. The van der Waals surface area contributed by atoms with E-state index in [9.17, 15) is 92.7 Å². The third-order valence-electron chi connectivity index (χ3n) is 10.2. The van der Waals surface area contributed by atoms with Crippen molar-refractivity contribution < 1.29 is 97.8 Å². The second-order valence-corrected chi connectivity index (χ2v) is 16.7. The first kappa shape index (κ1) is 64.8. The van der Waals surface area contributed by atoms with Crippen LogP contribution in [0.5, 0.6) is 0 Å². The molecule has 0 aliphatic heterocycles. The summed E-state index contributed by atoms with van der Waals surface area (Å²) in [5.74, 6) is -19.3. The minimum Gasteiger partial charge on any atom is -0.481 e. The quantitative estimate of drug-likeness (QED) is 0.0158. The number of carbonyl (C=O) groups excluding carboxylic acids is 8. The van der Waals surface area contributed by atoms with E-state index < -0.39 is 195 Å². The Hall–Kier alpha value is -8.19. The summed E-state index contributed by atoms with van der Waals surface area (Å²) < 4.78 is 0. The van der Waals surface area contributed by atoms with Crippen molar-refractivity contribution in [2.24, 2.45) is 28.1 Å². The second kappa shape index (κ2) is 32.6. The van der Waals surface area contributed by atoms with Gasteiger partial charge in [0.05, 0.1) is 12.5 Å². The van der Waals surface area contributed by atoms with E-state index in [1.807, 2.05) is 0 Å². The fraction of sp³-hybridized carbons (Fsp3) is 0.634. The zero-order valence-electron chi connectivity index (χ0n) is 40.3. The van der Waals surface area contributed by atoms with E-state index in [1.165, 1.54) is 13.8 Å². The van der Waals surface area contributed by atoms with Gasteiger partial charge in [0, 0.05) is 32.2 Å². The molecule has 0 aromatic carbocycles. The Labute approximate surface area is 416 Å². The lowest BCUT2D eigenvalue weighted by Gasteiger charge is -2.28. The van der Waals surface area contributed by atoms with Gasteiger partial charge in [-0.05, 0) is 58.3 Å². The van der Waals surface area contributed by atoms with Gasteiger partial charge in [0.2, 0.25) is 47.3 Å². The molecule has 0 aromatic heterocycles. The van der Waals surface area contributed by atoms with Crippen molar-refractivity contribution in [2.75, 3.05) is 6.54 Å². The van der Waals surface area contributed by atoms with Crippen molar-refractivity contribution in [2.45, 2.75) is 153 Å². The molecule has 0 saturated heterocycles. The summed E-state index contributed by atoms with van der Waals surface area (Å²) in [5.41, 5.74) is 16.4. The van der Waals surface area contributed by atoms with E-state index in [4.69, 9.17) is 22.3 Å². The first-order chi connectivity index (χ1) is 33.9. The Morgan fingerprint density at radius 2 is 0.767 bits per heavy atom. The van der Waals surface area contributed by atoms with Crippen LogP contribution in [0.4, 0.5) is 0 Å². The lowest BCUT2D eigenvalue weighted by molar-refractivity contribution is -0.142. The standard InChI is InChI=1S/C41H66N12O20/c1-17(2)31(53-38(70)25(16-30(62)63)52-37(69)23(9-13-28(58)59)48-32(64)18(3)46-33(65)20(42)7-11-26(54)55)39(71)51-24(10-14-29(60)61)36(68)49-21(6-5-15-45-41(43)44)35(67)50-22(8-12-27(56)57)34(66)47-19(4)40(72)73/h17-25,31H,5-16,42H2,1-4H3,(H,46,65)(H,47,66)(H,48,64)(H,49,68)(H,50,67)(H,51,71)(H,52,69)(H,53,70)(H,54,55)(H,56,57)(H,58,59)(H,60,61)(H,62,63)(H,72,73)(H4,43,44,45)/t18-,19-,20-,21-,22-,23-,24-,25-,31-/m0/s1. The fourth-order valence-corrected chi connectivity index (χ4v) is 6.10. The van der Waals surface area contributed by atoms with Gasteiger partial charge in [-0.25, -0.2) is 0 Å². The smallest absolute Gasteiger partial charge is 0.325 e. The highest BCUT2D eigenvalue weighted by Crippen LogP contribution is 2.10. The number of carboxylic acid groups (broad SMARTS) is 6. The average molecular weight is 1050 g/mol. The lowest BCUT2D eigenvalue weighted by Crippen LogP contribution is -2.61. The first-order valence-corrected chi connectivity index (χ1v) is 22.4. The summed E-state index contributed by atoms with van der Waals surface area (Å²) in [5, 5.41) is 73.4. The van der Waals surface area contributed by atoms with Crippen molar-refractivity contribution >= 4 is 89.0 Å². The highest BCUT2D eigenvalue weighted by Gasteiger charge is 2.36. The molecule has 20 N–H and O–H groups in total. The zero-order valence-corrected chi connectivity index (χ0v) is 40.3. The Bertz CT molecular complexity index is 2070. The van der Waals surface area contributed by atoms with Crippen molar-refractivity contribution in [3.05, 3.63) is 0 Å². The van der Waals surface area contributed by atoms with Crippen LogP contribution in [0.15, 0.2) is 4.99 Å². The summed E-state index contributed by atoms with van der Waals surface area (Å²) >= 11 is 0. The van der Waals surface area contributed by atoms with Crippen LogP contribution in [0.1, 0.15) is 98.3 Å². The third-order valence-corrected chi connectivity index (χ3v) is 10.2. The molecule has 0 heterocycles. The molecule has 9 atom stereocenters. The predicted molar refractivity (Wildman–Crippen MR) is 247 cm³/mol. The van der Waals surface area contributed by atoms with Crippen molar-refractivity contribution in [1.82, 2.24) is 42.5 Å². The molecule has 0 aromatic rings. The maximum Gasteiger partial charge on any atom is 0.325 e. The van der Waals surface area contributed by atoms with E-state index >= 15 is 0 Å². The number of rotatable bonds is 36. The molecule has 73 heavy (non-hydrogen) atoms. The Balaban J connectivity index is 6.69. The predicted octanol–water partition coefficient (Wildman–Crippen LogP) is -6.04. The molecule has 0 saturated carbocycles. The normalized spacial score (nSPS) is 14.5. The Morgan fingerprint density at radius 1 is 0.411 bits per heavy atom. The van der Waals surface area contributed by atoms with Crippen molar-refractivity contribution in [1.29, 1.82) is 0 Å². The molecule has 8 amide bonds. The number of amides is 8. The highest BCUT2D eigenvalue weighted by atomic mass is 16.4. The topological polar surface area (TPSA) is 547 Å². The summed E-state index contributed by atoms with van der Waals surface area (Å²) in [6.45, 7) is 4.86. The number of aliphatic carboxylic acids is 6. The van der Waals surface area contributed by atoms with E-state index in [0.717, 1.165) is 13.8 Å². The van der Waals surface area contributed by atoms with Gasteiger partial charge in [-0.15, -0.1) is 0 Å².